The molecule has 1 amide bonds. The average molecular weight is 397 g/mol. The first-order valence-corrected chi connectivity index (χ1v) is 11.0. The van der Waals surface area contributed by atoms with Gasteiger partial charge in [-0.2, -0.15) is 5.10 Å². The number of aryl methyl sites for hydroxylation is 1. The predicted molar refractivity (Wildman–Crippen MR) is 107 cm³/mol. The second-order valence-electron chi connectivity index (χ2n) is 10.1. The zero-order valence-corrected chi connectivity index (χ0v) is 17.1. The molecule has 2 aliphatic heterocycles. The number of hydrogen-bond donors (Lipinski definition) is 1. The van der Waals surface area contributed by atoms with E-state index < -0.39 is 11.5 Å². The van der Waals surface area contributed by atoms with Crippen molar-refractivity contribution >= 4 is 16.8 Å². The summed E-state index contributed by atoms with van der Waals surface area (Å²) < 4.78 is 16.5. The maximum atomic E-state index is 14.7. The number of amides is 1. The molecule has 2 aromatic rings. The fourth-order valence-corrected chi connectivity index (χ4v) is 6.75. The molecule has 3 atom stereocenters. The first-order valence-electron chi connectivity index (χ1n) is 11.0. The van der Waals surface area contributed by atoms with Gasteiger partial charge in [0.15, 0.2) is 0 Å². The molecule has 3 aliphatic carbocycles. The second-order valence-corrected chi connectivity index (χ2v) is 10.1. The average Bonchev–Trinajstić information content (AvgIpc) is 3.42. The Kier molecular flexibility index (Phi) is 3.58. The number of carbonyl (C=O) groups excluding carboxylic acids is 1. The van der Waals surface area contributed by atoms with Gasteiger partial charge in [-0.15, -0.1) is 0 Å². The molecule has 1 N–H and O–H groups in total. The summed E-state index contributed by atoms with van der Waals surface area (Å²) in [4.78, 5) is 15.7. The molecule has 154 valence electrons. The van der Waals surface area contributed by atoms with Gasteiger partial charge in [0.1, 0.15) is 5.82 Å². The zero-order valence-electron chi connectivity index (χ0n) is 17.1. The van der Waals surface area contributed by atoms with Gasteiger partial charge in [-0.1, -0.05) is 0 Å². The molecule has 3 heterocycles. The van der Waals surface area contributed by atoms with E-state index in [2.05, 4.69) is 4.90 Å². The number of halogens is 1. The molecule has 0 radical (unpaired) electrons. The van der Waals surface area contributed by atoms with E-state index in [-0.39, 0.29) is 29.7 Å². The van der Waals surface area contributed by atoms with Gasteiger partial charge in [-0.05, 0) is 75.8 Å². The number of benzene rings is 1. The van der Waals surface area contributed by atoms with Crippen molar-refractivity contribution in [1.29, 1.82) is 0 Å². The summed E-state index contributed by atoms with van der Waals surface area (Å²) in [6.07, 6.45) is 6.30. The quantitative estimate of drug-likeness (QED) is 0.861. The highest BCUT2D eigenvalue weighted by Gasteiger charge is 2.55. The lowest BCUT2D eigenvalue weighted by Crippen LogP contribution is -2.66. The largest absolute Gasteiger partial charge is 0.390 e. The van der Waals surface area contributed by atoms with Crippen LogP contribution in [0.1, 0.15) is 75.0 Å². The Hall–Kier alpha value is -1.95. The third kappa shape index (κ3) is 2.54. The third-order valence-corrected chi connectivity index (χ3v) is 7.95. The fourth-order valence-electron chi connectivity index (χ4n) is 6.75. The van der Waals surface area contributed by atoms with Crippen LogP contribution in [0.15, 0.2) is 12.1 Å². The Morgan fingerprint density at radius 1 is 1.24 bits per heavy atom. The maximum absolute atomic E-state index is 14.7. The van der Waals surface area contributed by atoms with Crippen LogP contribution >= 0.6 is 0 Å². The van der Waals surface area contributed by atoms with Crippen molar-refractivity contribution in [3.05, 3.63) is 29.2 Å². The number of nitrogens with zero attached hydrogens (tertiary/aromatic N) is 3. The van der Waals surface area contributed by atoms with Crippen molar-refractivity contribution in [2.45, 2.75) is 81.4 Å². The first-order chi connectivity index (χ1) is 13.8. The van der Waals surface area contributed by atoms with E-state index in [0.29, 0.717) is 24.5 Å². The molecule has 6 heteroatoms. The number of hydrogen-bond acceptors (Lipinski definition) is 3. The highest BCUT2D eigenvalue weighted by atomic mass is 19.1. The maximum Gasteiger partial charge on any atom is 0.232 e. The Balaban J connectivity index is 1.40. The van der Waals surface area contributed by atoms with E-state index in [4.69, 9.17) is 5.10 Å². The minimum atomic E-state index is -0.573. The number of aliphatic hydroxyl groups is 1. The standard InChI is InChI=1S/C23H28FN3O2/c1-12(22(28)27-15-7-13-8-16(27)11-23(29,9-13)10-15)21-20-18(26(2)25-21)6-5-17(24)19(20)14-3-4-14/h5-6,12-16,29H,3-4,7-11H2,1-2H3. The highest BCUT2D eigenvalue weighted by molar-refractivity contribution is 5.93. The number of carbonyl (C=O) groups is 1. The number of rotatable bonds is 3. The van der Waals surface area contributed by atoms with Crippen LogP contribution in [-0.4, -0.2) is 43.4 Å². The molecule has 0 spiro atoms. The third-order valence-electron chi connectivity index (χ3n) is 7.95. The molecule has 1 aromatic carbocycles. The van der Waals surface area contributed by atoms with Crippen molar-refractivity contribution in [3.63, 3.8) is 0 Å². The number of piperidine rings is 2. The smallest absolute Gasteiger partial charge is 0.232 e. The summed E-state index contributed by atoms with van der Waals surface area (Å²) in [6, 6.07) is 3.59. The summed E-state index contributed by atoms with van der Waals surface area (Å²) in [6.45, 7) is 1.92. The van der Waals surface area contributed by atoms with Crippen molar-refractivity contribution < 1.29 is 14.3 Å². The van der Waals surface area contributed by atoms with Crippen LogP contribution in [0.3, 0.4) is 0 Å². The Morgan fingerprint density at radius 3 is 2.55 bits per heavy atom. The lowest BCUT2D eigenvalue weighted by atomic mass is 9.61. The van der Waals surface area contributed by atoms with Crippen LogP contribution in [0.5, 0.6) is 0 Å². The van der Waals surface area contributed by atoms with Crippen LogP contribution in [0.25, 0.3) is 10.9 Å². The zero-order chi connectivity index (χ0) is 20.1. The first kappa shape index (κ1) is 17.9. The Labute approximate surface area is 169 Å². The molecule has 3 unspecified atom stereocenters. The molecule has 5 nitrogen and oxygen atoms in total. The molecule has 1 aromatic heterocycles. The van der Waals surface area contributed by atoms with E-state index in [9.17, 15) is 14.3 Å². The fraction of sp³-hybridized carbons (Fsp3) is 0.652. The molecule has 5 fully saturated rings. The molecule has 5 aliphatic rings. The van der Waals surface area contributed by atoms with Crippen LogP contribution < -0.4 is 0 Å². The van der Waals surface area contributed by atoms with Gasteiger partial charge >= 0.3 is 0 Å². The molecule has 3 saturated carbocycles. The van der Waals surface area contributed by atoms with Gasteiger partial charge < -0.3 is 10.0 Å². The Morgan fingerprint density at radius 2 is 1.93 bits per heavy atom. The second kappa shape index (κ2) is 5.81. The van der Waals surface area contributed by atoms with Gasteiger partial charge in [-0.3, -0.25) is 9.48 Å². The van der Waals surface area contributed by atoms with Crippen molar-refractivity contribution in [2.75, 3.05) is 0 Å². The molecular formula is C23H28FN3O2. The van der Waals surface area contributed by atoms with Crippen LogP contribution in [0.4, 0.5) is 4.39 Å². The number of aromatic nitrogens is 2. The van der Waals surface area contributed by atoms with E-state index in [1.807, 2.05) is 14.0 Å². The monoisotopic (exact) mass is 397 g/mol. The molecule has 7 rings (SSSR count). The molecular weight excluding hydrogens is 369 g/mol. The Bertz CT molecular complexity index is 1010. The SMILES string of the molecule is CC(C(=O)N1C2CC3CC1CC(O)(C3)C2)c1nn(C)c2ccc(F)c(C3CC3)c12. The van der Waals surface area contributed by atoms with Crippen LogP contribution in [0.2, 0.25) is 0 Å². The van der Waals surface area contributed by atoms with Gasteiger partial charge in [0.2, 0.25) is 5.91 Å². The summed E-state index contributed by atoms with van der Waals surface area (Å²) in [5, 5.41) is 16.4. The summed E-state index contributed by atoms with van der Waals surface area (Å²) in [7, 11) is 1.87. The summed E-state index contributed by atoms with van der Waals surface area (Å²) >= 11 is 0. The molecule has 29 heavy (non-hydrogen) atoms. The topological polar surface area (TPSA) is 58.4 Å². The van der Waals surface area contributed by atoms with Crippen LogP contribution in [0, 0.1) is 11.7 Å². The van der Waals surface area contributed by atoms with Crippen molar-refractivity contribution in [1.82, 2.24) is 14.7 Å². The van der Waals surface area contributed by atoms with E-state index in [0.717, 1.165) is 48.6 Å². The van der Waals surface area contributed by atoms with Gasteiger partial charge in [0.05, 0.1) is 22.7 Å². The van der Waals surface area contributed by atoms with Gasteiger partial charge in [0, 0.05) is 30.1 Å². The summed E-state index contributed by atoms with van der Waals surface area (Å²) in [5.41, 5.74) is 1.79. The van der Waals surface area contributed by atoms with E-state index >= 15 is 0 Å². The van der Waals surface area contributed by atoms with Gasteiger partial charge in [0.25, 0.3) is 0 Å². The van der Waals surface area contributed by atoms with Gasteiger partial charge in [-0.25, -0.2) is 4.39 Å². The van der Waals surface area contributed by atoms with E-state index in [1.54, 1.807) is 10.7 Å². The van der Waals surface area contributed by atoms with Crippen LogP contribution in [-0.2, 0) is 11.8 Å². The van der Waals surface area contributed by atoms with Crippen molar-refractivity contribution in [3.8, 4) is 0 Å². The predicted octanol–water partition coefficient (Wildman–Crippen LogP) is 3.60. The highest BCUT2D eigenvalue weighted by Crippen LogP contribution is 2.52. The lowest BCUT2D eigenvalue weighted by molar-refractivity contribution is -0.175. The number of fused-ring (bicyclic) bond motifs is 1. The normalized spacial score (nSPS) is 34.2. The minimum Gasteiger partial charge on any atom is -0.390 e. The lowest BCUT2D eigenvalue weighted by Gasteiger charge is -2.60. The minimum absolute atomic E-state index is 0.0911. The molecule has 4 bridgehead atoms. The molecule has 2 saturated heterocycles. The van der Waals surface area contributed by atoms with Crippen molar-refractivity contribution in [2.24, 2.45) is 13.0 Å². The van der Waals surface area contributed by atoms with E-state index in [1.165, 1.54) is 6.07 Å². The summed E-state index contributed by atoms with van der Waals surface area (Å²) in [5.74, 6) is 0.299.